The standard InChI is InChI=1S/C18H29FN2/c1-5-18-10-20-17(8-13(2)3)12-21(18)11-15-9-16(19)7-6-14(15)4/h6-7,9,13,17-18,20H,5,8,10-12H2,1-4H3. The average Bonchev–Trinajstić information content (AvgIpc) is 2.42. The van der Waals surface area contributed by atoms with E-state index in [2.05, 4.69) is 37.9 Å². The first kappa shape index (κ1) is 16.4. The third-order valence-electron chi connectivity index (χ3n) is 4.53. The maximum Gasteiger partial charge on any atom is 0.123 e. The smallest absolute Gasteiger partial charge is 0.123 e. The van der Waals surface area contributed by atoms with E-state index in [4.69, 9.17) is 0 Å². The fraction of sp³-hybridized carbons (Fsp3) is 0.667. The molecule has 0 aromatic heterocycles. The predicted octanol–water partition coefficient (Wildman–Crippen LogP) is 3.73. The second-order valence-electron chi connectivity index (χ2n) is 6.80. The highest BCUT2D eigenvalue weighted by atomic mass is 19.1. The van der Waals surface area contributed by atoms with Gasteiger partial charge >= 0.3 is 0 Å². The number of halogens is 1. The molecule has 0 aliphatic carbocycles. The first-order valence-electron chi connectivity index (χ1n) is 8.22. The normalized spacial score (nSPS) is 23.7. The van der Waals surface area contributed by atoms with Gasteiger partial charge in [-0.1, -0.05) is 26.8 Å². The van der Waals surface area contributed by atoms with Crippen LogP contribution in [0.2, 0.25) is 0 Å². The molecule has 2 atom stereocenters. The first-order valence-corrected chi connectivity index (χ1v) is 8.22. The van der Waals surface area contributed by atoms with E-state index >= 15 is 0 Å². The Morgan fingerprint density at radius 3 is 2.81 bits per heavy atom. The summed E-state index contributed by atoms with van der Waals surface area (Å²) in [5.74, 6) is 0.580. The van der Waals surface area contributed by atoms with Gasteiger partial charge in [0.25, 0.3) is 0 Å². The summed E-state index contributed by atoms with van der Waals surface area (Å²) >= 11 is 0. The SMILES string of the molecule is CCC1CNC(CC(C)C)CN1Cc1cc(F)ccc1C. The molecule has 1 saturated heterocycles. The van der Waals surface area contributed by atoms with Crippen molar-refractivity contribution in [1.82, 2.24) is 10.2 Å². The highest BCUT2D eigenvalue weighted by molar-refractivity contribution is 5.26. The summed E-state index contributed by atoms with van der Waals surface area (Å²) in [6.45, 7) is 11.8. The van der Waals surface area contributed by atoms with Crippen LogP contribution < -0.4 is 5.32 Å². The van der Waals surface area contributed by atoms with Crippen LogP contribution in [0.5, 0.6) is 0 Å². The minimum Gasteiger partial charge on any atom is -0.311 e. The lowest BCUT2D eigenvalue weighted by Gasteiger charge is -2.41. The third-order valence-corrected chi connectivity index (χ3v) is 4.53. The Hall–Kier alpha value is -0.930. The summed E-state index contributed by atoms with van der Waals surface area (Å²) in [4.78, 5) is 2.53. The fourth-order valence-corrected chi connectivity index (χ4v) is 3.28. The van der Waals surface area contributed by atoms with E-state index in [1.807, 2.05) is 6.07 Å². The van der Waals surface area contributed by atoms with E-state index in [0.717, 1.165) is 31.6 Å². The Labute approximate surface area is 128 Å². The monoisotopic (exact) mass is 292 g/mol. The predicted molar refractivity (Wildman–Crippen MR) is 86.9 cm³/mol. The number of aryl methyl sites for hydroxylation is 1. The topological polar surface area (TPSA) is 15.3 Å². The second-order valence-corrected chi connectivity index (χ2v) is 6.80. The molecule has 0 radical (unpaired) electrons. The highest BCUT2D eigenvalue weighted by Crippen LogP contribution is 2.20. The number of rotatable bonds is 5. The quantitative estimate of drug-likeness (QED) is 0.889. The molecule has 118 valence electrons. The molecular formula is C18H29FN2. The van der Waals surface area contributed by atoms with Gasteiger partial charge in [0.05, 0.1) is 0 Å². The van der Waals surface area contributed by atoms with Crippen LogP contribution in [-0.2, 0) is 6.54 Å². The Kier molecular flexibility index (Phi) is 5.77. The molecular weight excluding hydrogens is 263 g/mol. The van der Waals surface area contributed by atoms with Gasteiger partial charge in [-0.05, 0) is 48.9 Å². The zero-order valence-corrected chi connectivity index (χ0v) is 13.8. The maximum atomic E-state index is 13.5. The Balaban J connectivity index is 2.08. The van der Waals surface area contributed by atoms with Gasteiger partial charge in [-0.25, -0.2) is 4.39 Å². The largest absolute Gasteiger partial charge is 0.311 e. The van der Waals surface area contributed by atoms with Crippen LogP contribution in [-0.4, -0.2) is 30.1 Å². The summed E-state index contributed by atoms with van der Waals surface area (Å²) in [5, 5.41) is 3.68. The van der Waals surface area contributed by atoms with Gasteiger partial charge in [0.1, 0.15) is 5.82 Å². The van der Waals surface area contributed by atoms with E-state index in [1.54, 1.807) is 12.1 Å². The van der Waals surface area contributed by atoms with Crippen LogP contribution >= 0.6 is 0 Å². The van der Waals surface area contributed by atoms with Gasteiger partial charge in [0.2, 0.25) is 0 Å². The zero-order chi connectivity index (χ0) is 15.4. The van der Waals surface area contributed by atoms with E-state index < -0.39 is 0 Å². The van der Waals surface area contributed by atoms with Crippen molar-refractivity contribution in [3.8, 4) is 0 Å². The molecule has 2 rings (SSSR count). The highest BCUT2D eigenvalue weighted by Gasteiger charge is 2.27. The molecule has 2 nitrogen and oxygen atoms in total. The average molecular weight is 292 g/mol. The molecule has 0 bridgehead atoms. The van der Waals surface area contributed by atoms with Crippen molar-refractivity contribution in [3.05, 3.63) is 35.1 Å². The molecule has 2 unspecified atom stereocenters. The molecule has 0 saturated carbocycles. The zero-order valence-electron chi connectivity index (χ0n) is 13.8. The van der Waals surface area contributed by atoms with Crippen molar-refractivity contribution in [2.75, 3.05) is 13.1 Å². The molecule has 1 aliphatic heterocycles. The van der Waals surface area contributed by atoms with Crippen LogP contribution in [0.1, 0.15) is 44.7 Å². The Morgan fingerprint density at radius 2 is 2.14 bits per heavy atom. The van der Waals surface area contributed by atoms with E-state index in [0.29, 0.717) is 18.0 Å². The number of benzene rings is 1. The van der Waals surface area contributed by atoms with Crippen molar-refractivity contribution in [2.45, 2.75) is 59.2 Å². The van der Waals surface area contributed by atoms with Crippen LogP contribution in [0.3, 0.4) is 0 Å². The van der Waals surface area contributed by atoms with Crippen molar-refractivity contribution >= 4 is 0 Å². The summed E-state index contributed by atoms with van der Waals surface area (Å²) in [6.07, 6.45) is 2.34. The van der Waals surface area contributed by atoms with Gasteiger partial charge < -0.3 is 5.32 Å². The van der Waals surface area contributed by atoms with Crippen molar-refractivity contribution in [2.24, 2.45) is 5.92 Å². The van der Waals surface area contributed by atoms with E-state index in [-0.39, 0.29) is 5.82 Å². The number of piperazine rings is 1. The van der Waals surface area contributed by atoms with Crippen molar-refractivity contribution in [3.63, 3.8) is 0 Å². The van der Waals surface area contributed by atoms with Gasteiger partial charge in [0.15, 0.2) is 0 Å². The molecule has 1 N–H and O–H groups in total. The number of nitrogens with one attached hydrogen (secondary N) is 1. The van der Waals surface area contributed by atoms with E-state index in [9.17, 15) is 4.39 Å². The van der Waals surface area contributed by atoms with Crippen LogP contribution in [0.25, 0.3) is 0 Å². The Bertz CT molecular complexity index is 459. The van der Waals surface area contributed by atoms with Gasteiger partial charge in [-0.2, -0.15) is 0 Å². The summed E-state index contributed by atoms with van der Waals surface area (Å²) in [6, 6.07) is 6.24. The van der Waals surface area contributed by atoms with Gasteiger partial charge in [-0.3, -0.25) is 4.90 Å². The lowest BCUT2D eigenvalue weighted by Crippen LogP contribution is -2.56. The molecule has 0 spiro atoms. The summed E-state index contributed by atoms with van der Waals surface area (Å²) in [5.41, 5.74) is 2.31. The lowest BCUT2D eigenvalue weighted by atomic mass is 9.98. The Morgan fingerprint density at radius 1 is 1.38 bits per heavy atom. The summed E-state index contributed by atoms with van der Waals surface area (Å²) < 4.78 is 13.5. The minimum atomic E-state index is -0.127. The molecule has 1 heterocycles. The number of nitrogens with zero attached hydrogens (tertiary/aromatic N) is 1. The second kappa shape index (κ2) is 7.37. The maximum absolute atomic E-state index is 13.5. The molecule has 1 aromatic carbocycles. The lowest BCUT2D eigenvalue weighted by molar-refractivity contribution is 0.111. The van der Waals surface area contributed by atoms with Crippen LogP contribution in [0.15, 0.2) is 18.2 Å². The van der Waals surface area contributed by atoms with Gasteiger partial charge in [0, 0.05) is 31.7 Å². The third kappa shape index (κ3) is 4.52. The molecule has 21 heavy (non-hydrogen) atoms. The molecule has 0 amide bonds. The number of hydrogen-bond donors (Lipinski definition) is 1. The molecule has 1 fully saturated rings. The summed E-state index contributed by atoms with van der Waals surface area (Å²) in [7, 11) is 0. The minimum absolute atomic E-state index is 0.127. The van der Waals surface area contributed by atoms with Crippen molar-refractivity contribution in [1.29, 1.82) is 0 Å². The molecule has 1 aromatic rings. The van der Waals surface area contributed by atoms with Crippen LogP contribution in [0, 0.1) is 18.7 Å². The van der Waals surface area contributed by atoms with E-state index in [1.165, 1.54) is 12.0 Å². The number of hydrogen-bond acceptors (Lipinski definition) is 2. The van der Waals surface area contributed by atoms with Gasteiger partial charge in [-0.15, -0.1) is 0 Å². The molecule has 1 aliphatic rings. The molecule has 3 heteroatoms. The van der Waals surface area contributed by atoms with Crippen LogP contribution in [0.4, 0.5) is 4.39 Å². The fourth-order valence-electron chi connectivity index (χ4n) is 3.28. The van der Waals surface area contributed by atoms with Crippen molar-refractivity contribution < 1.29 is 4.39 Å². The first-order chi connectivity index (χ1) is 9.99.